The molecule has 2 N–H and O–H groups in total. The molecule has 0 aliphatic rings. The fourth-order valence-corrected chi connectivity index (χ4v) is 1.01. The van der Waals surface area contributed by atoms with Gasteiger partial charge >= 0.3 is 5.63 Å². The second-order valence-electron chi connectivity index (χ2n) is 2.52. The highest BCUT2D eigenvalue weighted by Crippen LogP contribution is 2.08. The molecule has 0 atom stereocenters. The Kier molecular flexibility index (Phi) is 4.17. The maximum Gasteiger partial charge on any atom is 0.336 e. The molecule has 0 bridgehead atoms. The van der Waals surface area contributed by atoms with Crippen molar-refractivity contribution in [2.45, 2.75) is 0 Å². The molecule has 6 heteroatoms. The van der Waals surface area contributed by atoms with Gasteiger partial charge in [0.1, 0.15) is 5.58 Å². The summed E-state index contributed by atoms with van der Waals surface area (Å²) in [5.74, 6) is 0. The van der Waals surface area contributed by atoms with Crippen LogP contribution in [0.25, 0.3) is 11.0 Å². The predicted octanol–water partition coefficient (Wildman–Crippen LogP) is 1.47. The predicted molar refractivity (Wildman–Crippen MR) is 55.9 cm³/mol. The molecule has 0 saturated carbocycles. The summed E-state index contributed by atoms with van der Waals surface area (Å²) in [4.78, 5) is 10.7. The van der Waals surface area contributed by atoms with Crippen LogP contribution in [-0.2, 0) is 11.4 Å². The molecule has 0 radical (unpaired) electrons. The number of fused-ring (bicyclic) bond motifs is 1. The van der Waals surface area contributed by atoms with E-state index in [1.807, 2.05) is 18.2 Å². The normalized spacial score (nSPS) is 9.80. The van der Waals surface area contributed by atoms with Crippen LogP contribution in [0, 0.1) is 0 Å². The van der Waals surface area contributed by atoms with Gasteiger partial charge < -0.3 is 4.42 Å². The molecule has 1 aromatic carbocycles. The van der Waals surface area contributed by atoms with Crippen LogP contribution in [0.15, 0.2) is 45.6 Å². The van der Waals surface area contributed by atoms with Crippen molar-refractivity contribution in [1.29, 1.82) is 0 Å². The smallest absolute Gasteiger partial charge is 0.336 e. The van der Waals surface area contributed by atoms with Crippen molar-refractivity contribution in [2.75, 3.05) is 0 Å². The third-order valence-electron chi connectivity index (χ3n) is 1.53. The Morgan fingerprint density at radius 1 is 1.07 bits per heavy atom. The highest BCUT2D eigenvalue weighted by molar-refractivity contribution is 7.73. The van der Waals surface area contributed by atoms with Gasteiger partial charge in [-0.2, -0.15) is 4.21 Å². The molecule has 0 aliphatic heterocycles. The molecule has 15 heavy (non-hydrogen) atoms. The van der Waals surface area contributed by atoms with E-state index in [1.165, 1.54) is 6.07 Å². The van der Waals surface area contributed by atoms with E-state index in [1.54, 1.807) is 12.1 Å². The first kappa shape index (κ1) is 11.6. The van der Waals surface area contributed by atoms with E-state index < -0.39 is 11.4 Å². The lowest BCUT2D eigenvalue weighted by Gasteiger charge is -1.91. The summed E-state index contributed by atoms with van der Waals surface area (Å²) in [6.45, 7) is 0. The summed E-state index contributed by atoms with van der Waals surface area (Å²) in [5.41, 5.74) is 0.337. The molecule has 0 unspecified atom stereocenters. The minimum absolute atomic E-state index is 0.302. The van der Waals surface area contributed by atoms with Crippen LogP contribution in [0.5, 0.6) is 0 Å². The molecule has 0 aliphatic carbocycles. The summed E-state index contributed by atoms with van der Waals surface area (Å²) in [6, 6.07) is 10.6. The third kappa shape index (κ3) is 4.03. The summed E-state index contributed by atoms with van der Waals surface area (Å²) in [6.07, 6.45) is 0. The molecule has 1 aromatic heterocycles. The molecule has 5 nitrogen and oxygen atoms in total. The van der Waals surface area contributed by atoms with E-state index in [0.29, 0.717) is 5.58 Å². The number of hydrogen-bond acceptors (Lipinski definition) is 3. The standard InChI is InChI=1S/C9H6O2.H2O3S/c10-9-6-5-7-3-1-2-4-8(7)11-9;1-4(2)3/h1-6H;(H2,1,2,3). The van der Waals surface area contributed by atoms with Gasteiger partial charge in [0.25, 0.3) is 11.4 Å². The molecule has 0 amide bonds. The van der Waals surface area contributed by atoms with E-state index in [-0.39, 0.29) is 5.63 Å². The quantitative estimate of drug-likeness (QED) is 0.526. The van der Waals surface area contributed by atoms with Crippen LogP contribution in [0.2, 0.25) is 0 Å². The van der Waals surface area contributed by atoms with E-state index >= 15 is 0 Å². The topological polar surface area (TPSA) is 87.7 Å². The monoisotopic (exact) mass is 228 g/mol. The number of benzene rings is 1. The first-order chi connectivity index (χ1) is 7.09. The highest BCUT2D eigenvalue weighted by Gasteiger charge is 1.92. The third-order valence-corrected chi connectivity index (χ3v) is 1.53. The van der Waals surface area contributed by atoms with Crippen molar-refractivity contribution in [1.82, 2.24) is 0 Å². The van der Waals surface area contributed by atoms with Gasteiger partial charge in [-0.15, -0.1) is 0 Å². The van der Waals surface area contributed by atoms with Crippen LogP contribution in [0.4, 0.5) is 0 Å². The Balaban J connectivity index is 0.000000245. The van der Waals surface area contributed by atoms with Crippen LogP contribution >= 0.6 is 0 Å². The van der Waals surface area contributed by atoms with Gasteiger partial charge in [-0.25, -0.2) is 4.79 Å². The Labute approximate surface area is 87.5 Å². The maximum atomic E-state index is 10.7. The van der Waals surface area contributed by atoms with Crippen molar-refractivity contribution in [2.24, 2.45) is 0 Å². The molecule has 0 saturated heterocycles. The number of rotatable bonds is 0. The fraction of sp³-hybridized carbons (Fsp3) is 0. The average molecular weight is 228 g/mol. The summed E-state index contributed by atoms with van der Waals surface area (Å²) in [5, 5.41) is 0.951. The second-order valence-corrected chi connectivity index (χ2v) is 2.98. The zero-order valence-electron chi connectivity index (χ0n) is 7.49. The Morgan fingerprint density at radius 3 is 2.33 bits per heavy atom. The second kappa shape index (κ2) is 5.40. The zero-order chi connectivity index (χ0) is 11.3. The van der Waals surface area contributed by atoms with Crippen molar-refractivity contribution < 1.29 is 17.7 Å². The SMILES string of the molecule is O=S(O)O.O=c1ccc2ccccc2o1. The largest absolute Gasteiger partial charge is 0.423 e. The van der Waals surface area contributed by atoms with Crippen LogP contribution < -0.4 is 5.63 Å². The first-order valence-electron chi connectivity index (χ1n) is 3.88. The molecule has 0 spiro atoms. The van der Waals surface area contributed by atoms with Crippen molar-refractivity contribution >= 4 is 22.3 Å². The lowest BCUT2D eigenvalue weighted by atomic mass is 10.2. The van der Waals surface area contributed by atoms with Crippen LogP contribution in [0.1, 0.15) is 0 Å². The van der Waals surface area contributed by atoms with Gasteiger partial charge in [-0.3, -0.25) is 9.11 Å². The fourth-order valence-electron chi connectivity index (χ4n) is 1.01. The van der Waals surface area contributed by atoms with E-state index in [2.05, 4.69) is 0 Å². The molecular weight excluding hydrogens is 220 g/mol. The first-order valence-corrected chi connectivity index (χ1v) is 4.95. The lowest BCUT2D eigenvalue weighted by molar-refractivity contribution is 0.454. The van der Waals surface area contributed by atoms with Gasteiger partial charge in [-0.05, 0) is 12.1 Å². The van der Waals surface area contributed by atoms with Gasteiger partial charge in [0.05, 0.1) is 0 Å². The van der Waals surface area contributed by atoms with E-state index in [9.17, 15) is 4.79 Å². The van der Waals surface area contributed by atoms with Crippen LogP contribution in [0.3, 0.4) is 0 Å². The van der Waals surface area contributed by atoms with Gasteiger partial charge in [-0.1, -0.05) is 18.2 Å². The molecular formula is C9H8O5S. The van der Waals surface area contributed by atoms with E-state index in [4.69, 9.17) is 17.7 Å². The van der Waals surface area contributed by atoms with Crippen LogP contribution in [-0.4, -0.2) is 13.3 Å². The molecule has 1 heterocycles. The highest BCUT2D eigenvalue weighted by atomic mass is 32.2. The maximum absolute atomic E-state index is 10.7. The van der Waals surface area contributed by atoms with E-state index in [0.717, 1.165) is 5.39 Å². The number of hydrogen-bond donors (Lipinski definition) is 2. The minimum atomic E-state index is -2.61. The summed E-state index contributed by atoms with van der Waals surface area (Å²) in [7, 11) is 0. The minimum Gasteiger partial charge on any atom is -0.423 e. The number of para-hydroxylation sites is 1. The zero-order valence-corrected chi connectivity index (χ0v) is 8.31. The lowest BCUT2D eigenvalue weighted by Crippen LogP contribution is -1.93. The molecule has 2 aromatic rings. The summed E-state index contributed by atoms with van der Waals surface area (Å²) < 4.78 is 27.7. The average Bonchev–Trinajstić information content (AvgIpc) is 2.16. The molecule has 0 fully saturated rings. The van der Waals surface area contributed by atoms with Crippen molar-refractivity contribution in [3.8, 4) is 0 Å². The summed E-state index contributed by atoms with van der Waals surface area (Å²) >= 11 is -2.61. The van der Waals surface area contributed by atoms with Crippen molar-refractivity contribution in [3.63, 3.8) is 0 Å². The Hall–Kier alpha value is -1.50. The Bertz CT molecular complexity index is 515. The molecule has 80 valence electrons. The van der Waals surface area contributed by atoms with Gasteiger partial charge in [0.2, 0.25) is 0 Å². The Morgan fingerprint density at radius 2 is 1.67 bits per heavy atom. The van der Waals surface area contributed by atoms with Crippen molar-refractivity contribution in [3.05, 3.63) is 46.8 Å². The van der Waals surface area contributed by atoms with Gasteiger partial charge in [0, 0.05) is 11.5 Å². The molecule has 2 rings (SSSR count). The van der Waals surface area contributed by atoms with Gasteiger partial charge in [0.15, 0.2) is 0 Å².